The van der Waals surface area contributed by atoms with E-state index < -0.39 is 0 Å². The molecule has 1 amide bonds. The molecule has 1 saturated heterocycles. The van der Waals surface area contributed by atoms with Crippen LogP contribution in [0.2, 0.25) is 0 Å². The zero-order valence-corrected chi connectivity index (χ0v) is 17.8. The number of nitrogens with zero attached hydrogens (tertiary/aromatic N) is 2. The summed E-state index contributed by atoms with van der Waals surface area (Å²) >= 11 is 0. The van der Waals surface area contributed by atoms with E-state index in [-0.39, 0.29) is 12.0 Å². The molecule has 6 heteroatoms. The summed E-state index contributed by atoms with van der Waals surface area (Å²) in [5, 5.41) is 8.85. The van der Waals surface area contributed by atoms with E-state index in [1.165, 1.54) is 25.7 Å². The fourth-order valence-electron chi connectivity index (χ4n) is 4.72. The Morgan fingerprint density at radius 3 is 2.66 bits per heavy atom. The van der Waals surface area contributed by atoms with Gasteiger partial charge in [-0.1, -0.05) is 13.8 Å². The van der Waals surface area contributed by atoms with Crippen LogP contribution >= 0.6 is 0 Å². The highest BCUT2D eigenvalue weighted by atomic mass is 16.5. The third kappa shape index (κ3) is 4.42. The first-order valence-electron chi connectivity index (χ1n) is 11.0. The number of nitrogens with one attached hydrogen (secondary N) is 1. The van der Waals surface area contributed by atoms with Gasteiger partial charge in [-0.25, -0.2) is 0 Å². The van der Waals surface area contributed by atoms with Crippen molar-refractivity contribution in [3.63, 3.8) is 0 Å². The van der Waals surface area contributed by atoms with Gasteiger partial charge in [0.05, 0.1) is 24.4 Å². The smallest absolute Gasteiger partial charge is 0.253 e. The van der Waals surface area contributed by atoms with E-state index in [1.54, 1.807) is 7.11 Å². The van der Waals surface area contributed by atoms with Gasteiger partial charge in [0.15, 0.2) is 0 Å². The first-order chi connectivity index (χ1) is 14.0. The standard InChI is InChI=1S/C23H33N3O3/c1-15(2)16-7-9-18(10-8-16)26-14-17-12-20(22(28-3)13-19(17)25-26)24-23(27)21-6-4-5-11-29-21/h12-16,18,21H,4-11H2,1-3H3,(H,24,27)/t16-,18-,21-/m1/s1. The van der Waals surface area contributed by atoms with E-state index in [2.05, 4.69) is 30.0 Å². The lowest BCUT2D eigenvalue weighted by Gasteiger charge is -2.30. The number of hydrogen-bond acceptors (Lipinski definition) is 4. The van der Waals surface area contributed by atoms with Crippen molar-refractivity contribution in [3.8, 4) is 5.75 Å². The van der Waals surface area contributed by atoms with Crippen molar-refractivity contribution in [1.29, 1.82) is 0 Å². The molecule has 1 aromatic heterocycles. The molecular formula is C23H33N3O3. The molecule has 1 aromatic carbocycles. The minimum absolute atomic E-state index is 0.0956. The molecule has 1 saturated carbocycles. The van der Waals surface area contributed by atoms with Crippen molar-refractivity contribution >= 4 is 22.5 Å². The normalized spacial score (nSPS) is 25.3. The van der Waals surface area contributed by atoms with E-state index in [9.17, 15) is 4.79 Å². The van der Waals surface area contributed by atoms with Crippen LogP contribution in [0, 0.1) is 11.8 Å². The summed E-state index contributed by atoms with van der Waals surface area (Å²) in [5.41, 5.74) is 1.59. The van der Waals surface area contributed by atoms with Crippen molar-refractivity contribution in [2.75, 3.05) is 19.0 Å². The first kappa shape index (κ1) is 20.2. The Morgan fingerprint density at radius 2 is 2.00 bits per heavy atom. The third-order valence-corrected chi connectivity index (χ3v) is 6.63. The number of amides is 1. The predicted octanol–water partition coefficient (Wildman–Crippen LogP) is 4.94. The maximum Gasteiger partial charge on any atom is 0.253 e. The molecule has 0 unspecified atom stereocenters. The number of hydrogen-bond donors (Lipinski definition) is 1. The van der Waals surface area contributed by atoms with E-state index in [4.69, 9.17) is 14.6 Å². The zero-order valence-electron chi connectivity index (χ0n) is 17.8. The van der Waals surface area contributed by atoms with Crippen molar-refractivity contribution in [2.45, 2.75) is 70.9 Å². The minimum atomic E-state index is -0.372. The molecular weight excluding hydrogens is 366 g/mol. The van der Waals surface area contributed by atoms with Crippen molar-refractivity contribution in [3.05, 3.63) is 18.3 Å². The van der Waals surface area contributed by atoms with Crippen LogP contribution in [0.1, 0.15) is 64.8 Å². The van der Waals surface area contributed by atoms with Crippen LogP contribution in [0.3, 0.4) is 0 Å². The molecule has 2 aliphatic rings. The Kier molecular flexibility index (Phi) is 6.09. The van der Waals surface area contributed by atoms with Gasteiger partial charge >= 0.3 is 0 Å². The molecule has 0 bridgehead atoms. The van der Waals surface area contributed by atoms with E-state index in [0.29, 0.717) is 24.1 Å². The lowest BCUT2D eigenvalue weighted by molar-refractivity contribution is -0.129. The number of aromatic nitrogens is 2. The number of rotatable bonds is 5. The van der Waals surface area contributed by atoms with E-state index >= 15 is 0 Å². The summed E-state index contributed by atoms with van der Waals surface area (Å²) in [6.07, 6.45) is 9.46. The van der Waals surface area contributed by atoms with Gasteiger partial charge in [-0.3, -0.25) is 9.48 Å². The zero-order chi connectivity index (χ0) is 20.4. The Balaban J connectivity index is 1.52. The Hall–Kier alpha value is -2.08. The average molecular weight is 400 g/mol. The number of methoxy groups -OCH3 is 1. The van der Waals surface area contributed by atoms with Crippen LogP contribution in [0.15, 0.2) is 18.3 Å². The number of ether oxygens (including phenoxy) is 2. The number of anilines is 1. The summed E-state index contributed by atoms with van der Waals surface area (Å²) < 4.78 is 13.3. The monoisotopic (exact) mass is 399 g/mol. The van der Waals surface area contributed by atoms with Crippen LogP contribution in [0.25, 0.3) is 10.9 Å². The van der Waals surface area contributed by atoms with Gasteiger partial charge in [-0.15, -0.1) is 0 Å². The highest BCUT2D eigenvalue weighted by Gasteiger charge is 2.26. The van der Waals surface area contributed by atoms with Gasteiger partial charge < -0.3 is 14.8 Å². The van der Waals surface area contributed by atoms with Crippen LogP contribution in [0.5, 0.6) is 5.75 Å². The molecule has 158 valence electrons. The maximum atomic E-state index is 12.6. The largest absolute Gasteiger partial charge is 0.494 e. The summed E-state index contributed by atoms with van der Waals surface area (Å²) in [6.45, 7) is 5.31. The highest BCUT2D eigenvalue weighted by molar-refractivity contribution is 5.98. The van der Waals surface area contributed by atoms with Crippen LogP contribution in [-0.2, 0) is 9.53 Å². The molecule has 1 aliphatic carbocycles. The van der Waals surface area contributed by atoms with Gasteiger partial charge in [0, 0.05) is 24.3 Å². The van der Waals surface area contributed by atoms with Crippen molar-refractivity contribution < 1.29 is 14.3 Å². The maximum absolute atomic E-state index is 12.6. The van der Waals surface area contributed by atoms with Crippen LogP contribution in [0.4, 0.5) is 5.69 Å². The second-order valence-electron chi connectivity index (χ2n) is 8.88. The Labute approximate surface area is 172 Å². The topological polar surface area (TPSA) is 65.4 Å². The third-order valence-electron chi connectivity index (χ3n) is 6.63. The summed E-state index contributed by atoms with van der Waals surface area (Å²) in [5.74, 6) is 2.13. The molecule has 4 rings (SSSR count). The quantitative estimate of drug-likeness (QED) is 0.773. The number of benzene rings is 1. The van der Waals surface area contributed by atoms with E-state index in [1.807, 2.05) is 12.1 Å². The molecule has 0 radical (unpaired) electrons. The summed E-state index contributed by atoms with van der Waals surface area (Å²) in [4.78, 5) is 12.6. The predicted molar refractivity (Wildman–Crippen MR) is 114 cm³/mol. The van der Waals surface area contributed by atoms with Gasteiger partial charge in [0.1, 0.15) is 11.9 Å². The van der Waals surface area contributed by atoms with E-state index in [0.717, 1.165) is 42.0 Å². The molecule has 1 atom stereocenters. The SMILES string of the molecule is COc1cc2nn([C@H]3CC[C@H](C(C)C)CC3)cc2cc1NC(=O)[C@H]1CCCCO1. The molecule has 1 N–H and O–H groups in total. The van der Waals surface area contributed by atoms with Crippen LogP contribution in [-0.4, -0.2) is 35.5 Å². The Bertz CT molecular complexity index is 846. The van der Waals surface area contributed by atoms with Gasteiger partial charge in [0.2, 0.25) is 0 Å². The lowest BCUT2D eigenvalue weighted by atomic mass is 9.80. The van der Waals surface area contributed by atoms with Gasteiger partial charge in [-0.2, -0.15) is 5.10 Å². The molecule has 29 heavy (non-hydrogen) atoms. The first-order valence-corrected chi connectivity index (χ1v) is 11.0. The number of carbonyl (C=O) groups is 1. The average Bonchev–Trinajstić information content (AvgIpc) is 3.16. The Morgan fingerprint density at radius 1 is 1.21 bits per heavy atom. The van der Waals surface area contributed by atoms with Crippen molar-refractivity contribution in [1.82, 2.24) is 9.78 Å². The fraction of sp³-hybridized carbons (Fsp3) is 0.652. The van der Waals surface area contributed by atoms with Gasteiger partial charge in [0.25, 0.3) is 5.91 Å². The molecule has 2 heterocycles. The molecule has 1 aliphatic heterocycles. The molecule has 6 nitrogen and oxygen atoms in total. The fourth-order valence-corrected chi connectivity index (χ4v) is 4.72. The van der Waals surface area contributed by atoms with Crippen molar-refractivity contribution in [2.24, 2.45) is 11.8 Å². The van der Waals surface area contributed by atoms with Crippen LogP contribution < -0.4 is 10.1 Å². The lowest BCUT2D eigenvalue weighted by Crippen LogP contribution is -2.33. The molecule has 2 aromatic rings. The summed E-state index contributed by atoms with van der Waals surface area (Å²) in [7, 11) is 1.62. The molecule has 0 spiro atoms. The second kappa shape index (κ2) is 8.74. The number of carbonyl (C=O) groups excluding carboxylic acids is 1. The summed E-state index contributed by atoms with van der Waals surface area (Å²) in [6, 6.07) is 4.35. The van der Waals surface area contributed by atoms with Gasteiger partial charge in [-0.05, 0) is 62.8 Å². The number of fused-ring (bicyclic) bond motifs is 1. The second-order valence-corrected chi connectivity index (χ2v) is 8.88. The highest BCUT2D eigenvalue weighted by Crippen LogP contribution is 2.37. The minimum Gasteiger partial charge on any atom is -0.494 e. The molecule has 2 fully saturated rings.